The minimum atomic E-state index is -3.58. The van der Waals surface area contributed by atoms with Crippen LogP contribution in [0.25, 0.3) is 0 Å². The van der Waals surface area contributed by atoms with Gasteiger partial charge in [0.05, 0.1) is 23.6 Å². The van der Waals surface area contributed by atoms with Crippen LogP contribution < -0.4 is 4.72 Å². The highest BCUT2D eigenvalue weighted by molar-refractivity contribution is 7.89. The highest BCUT2D eigenvalue weighted by Gasteiger charge is 2.35. The zero-order valence-electron chi connectivity index (χ0n) is 9.47. The topological polar surface area (TPSA) is 75.6 Å². The second-order valence-corrected chi connectivity index (χ2v) is 6.99. The van der Waals surface area contributed by atoms with E-state index in [-0.39, 0.29) is 11.5 Å². The van der Waals surface area contributed by atoms with Crippen LogP contribution in [0.1, 0.15) is 18.2 Å². The smallest absolute Gasteiger partial charge is 0.242 e. The van der Waals surface area contributed by atoms with Crippen LogP contribution in [0.3, 0.4) is 0 Å². The van der Waals surface area contributed by atoms with Gasteiger partial charge in [-0.25, -0.2) is 13.1 Å². The Morgan fingerprint density at radius 1 is 1.65 bits per heavy atom. The molecule has 2 heterocycles. The van der Waals surface area contributed by atoms with Crippen LogP contribution in [0.15, 0.2) is 16.3 Å². The van der Waals surface area contributed by atoms with Crippen LogP contribution in [0.5, 0.6) is 0 Å². The highest BCUT2D eigenvalue weighted by Crippen LogP contribution is 2.25. The van der Waals surface area contributed by atoms with Crippen molar-refractivity contribution in [1.82, 2.24) is 4.72 Å². The van der Waals surface area contributed by atoms with Crippen molar-refractivity contribution < 1.29 is 18.3 Å². The molecule has 2 rings (SSSR count). The molecule has 96 valence electrons. The zero-order chi connectivity index (χ0) is 12.5. The van der Waals surface area contributed by atoms with E-state index in [1.807, 2.05) is 6.92 Å². The quantitative estimate of drug-likeness (QED) is 0.849. The molecule has 17 heavy (non-hydrogen) atoms. The van der Waals surface area contributed by atoms with E-state index in [0.717, 1.165) is 0 Å². The van der Waals surface area contributed by atoms with E-state index in [0.29, 0.717) is 24.5 Å². The van der Waals surface area contributed by atoms with E-state index in [4.69, 9.17) is 9.84 Å². The lowest BCUT2D eigenvalue weighted by atomic mass is 10.0. The molecular formula is C10H15NO4S2. The van der Waals surface area contributed by atoms with Gasteiger partial charge in [-0.2, -0.15) is 0 Å². The number of ether oxygens (including phenoxy) is 1. The molecule has 7 heteroatoms. The third-order valence-electron chi connectivity index (χ3n) is 2.74. The molecule has 1 atom stereocenters. The lowest BCUT2D eigenvalue weighted by Gasteiger charge is -2.23. The van der Waals surface area contributed by atoms with Crippen LogP contribution in [0.4, 0.5) is 0 Å². The summed E-state index contributed by atoms with van der Waals surface area (Å²) >= 11 is 1.23. The zero-order valence-corrected chi connectivity index (χ0v) is 11.1. The summed E-state index contributed by atoms with van der Waals surface area (Å²) in [4.78, 5) is 0.623. The molecule has 0 saturated carbocycles. The largest absolute Gasteiger partial charge is 0.391 e. The predicted molar refractivity (Wildman–Crippen MR) is 64.4 cm³/mol. The molecule has 2 N–H and O–H groups in total. The van der Waals surface area contributed by atoms with E-state index in [9.17, 15) is 8.42 Å². The first-order valence-electron chi connectivity index (χ1n) is 5.26. The second-order valence-electron chi connectivity index (χ2n) is 4.33. The van der Waals surface area contributed by atoms with Crippen LogP contribution in [0.2, 0.25) is 0 Å². The fourth-order valence-electron chi connectivity index (χ4n) is 1.81. The van der Waals surface area contributed by atoms with Crippen LogP contribution in [-0.2, 0) is 21.4 Å². The van der Waals surface area contributed by atoms with Crippen molar-refractivity contribution in [3.63, 3.8) is 0 Å². The predicted octanol–water partition coefficient (Wildman–Crippen LogP) is 0.698. The summed E-state index contributed by atoms with van der Waals surface area (Å²) in [5.41, 5.74) is -0.548. The second kappa shape index (κ2) is 4.66. The summed E-state index contributed by atoms with van der Waals surface area (Å²) in [5, 5.41) is 10.7. The van der Waals surface area contributed by atoms with Gasteiger partial charge in [0.25, 0.3) is 0 Å². The lowest BCUT2D eigenvalue weighted by molar-refractivity contribution is 0.178. The first-order valence-corrected chi connectivity index (χ1v) is 7.62. The van der Waals surface area contributed by atoms with Crippen molar-refractivity contribution in [2.75, 3.05) is 13.2 Å². The Hall–Kier alpha value is -0.470. The van der Waals surface area contributed by atoms with Crippen LogP contribution in [-0.4, -0.2) is 32.3 Å². The molecule has 1 aromatic heterocycles. The third kappa shape index (κ3) is 2.69. The van der Waals surface area contributed by atoms with Crippen molar-refractivity contribution in [2.24, 2.45) is 0 Å². The molecule has 0 radical (unpaired) electrons. The van der Waals surface area contributed by atoms with E-state index in [1.165, 1.54) is 17.4 Å². The maximum absolute atomic E-state index is 12.2. The Kier molecular flexibility index (Phi) is 3.55. The monoisotopic (exact) mass is 277 g/mol. The molecule has 1 unspecified atom stereocenters. The minimum absolute atomic E-state index is 0.165. The molecule has 1 aliphatic rings. The molecule has 0 aliphatic carbocycles. The standard InChI is InChI=1S/C10H15NO4S2/c1-10(3-4-15-7-10)11-17(13,14)9-2-5-16-8(9)6-12/h2,5,11-12H,3-4,6-7H2,1H3. The van der Waals surface area contributed by atoms with Crippen molar-refractivity contribution in [2.45, 2.75) is 30.4 Å². The number of rotatable bonds is 4. The number of sulfonamides is 1. The summed E-state index contributed by atoms with van der Waals surface area (Å²) in [6.45, 7) is 2.50. The van der Waals surface area contributed by atoms with Crippen LogP contribution >= 0.6 is 11.3 Å². The highest BCUT2D eigenvalue weighted by atomic mass is 32.2. The lowest BCUT2D eigenvalue weighted by Crippen LogP contribution is -2.46. The van der Waals surface area contributed by atoms with Gasteiger partial charge < -0.3 is 9.84 Å². The Bertz CT molecular complexity index is 488. The number of thiophene rings is 1. The first kappa shape index (κ1) is 13.0. The van der Waals surface area contributed by atoms with E-state index < -0.39 is 15.6 Å². The molecule has 0 bridgehead atoms. The fraction of sp³-hybridized carbons (Fsp3) is 0.600. The SMILES string of the molecule is CC1(NS(=O)(=O)c2ccsc2CO)CCOC1. The maximum atomic E-state index is 12.2. The van der Waals surface area contributed by atoms with E-state index in [1.54, 1.807) is 5.38 Å². The summed E-state index contributed by atoms with van der Waals surface area (Å²) in [6, 6.07) is 1.51. The fourth-order valence-corrected chi connectivity index (χ4v) is 4.53. The molecule has 0 amide bonds. The van der Waals surface area contributed by atoms with Gasteiger partial charge in [0.2, 0.25) is 10.0 Å². The van der Waals surface area contributed by atoms with Crippen molar-refractivity contribution in [1.29, 1.82) is 0 Å². The number of aliphatic hydroxyl groups is 1. The molecule has 1 aliphatic heterocycles. The average Bonchev–Trinajstić information content (AvgIpc) is 2.85. The van der Waals surface area contributed by atoms with Gasteiger partial charge in [0, 0.05) is 11.5 Å². The summed E-state index contributed by atoms with van der Waals surface area (Å²) in [5.74, 6) is 0. The minimum Gasteiger partial charge on any atom is -0.391 e. The number of hydrogen-bond donors (Lipinski definition) is 2. The third-order valence-corrected chi connectivity index (χ3v) is 5.50. The number of nitrogens with one attached hydrogen (secondary N) is 1. The summed E-state index contributed by atoms with van der Waals surface area (Å²) < 4.78 is 32.2. The van der Waals surface area contributed by atoms with E-state index >= 15 is 0 Å². The molecule has 1 fully saturated rings. The average molecular weight is 277 g/mol. The normalized spacial score (nSPS) is 25.3. The van der Waals surface area contributed by atoms with Gasteiger partial charge in [0.15, 0.2) is 0 Å². The molecular weight excluding hydrogens is 262 g/mol. The van der Waals surface area contributed by atoms with Gasteiger partial charge >= 0.3 is 0 Å². The first-order chi connectivity index (χ1) is 7.97. The van der Waals surface area contributed by atoms with Crippen molar-refractivity contribution >= 4 is 21.4 Å². The Morgan fingerprint density at radius 3 is 3.00 bits per heavy atom. The molecule has 1 saturated heterocycles. The summed E-state index contributed by atoms with van der Waals surface area (Å²) in [6.07, 6.45) is 0.658. The number of hydrogen-bond acceptors (Lipinski definition) is 5. The van der Waals surface area contributed by atoms with Gasteiger partial charge in [-0.3, -0.25) is 0 Å². The van der Waals surface area contributed by atoms with E-state index in [2.05, 4.69) is 4.72 Å². The van der Waals surface area contributed by atoms with Gasteiger partial charge in [-0.15, -0.1) is 11.3 Å². The van der Waals surface area contributed by atoms with Gasteiger partial charge in [-0.1, -0.05) is 0 Å². The molecule has 0 spiro atoms. The number of aliphatic hydroxyl groups excluding tert-OH is 1. The Morgan fingerprint density at radius 2 is 2.41 bits per heavy atom. The van der Waals surface area contributed by atoms with Crippen molar-refractivity contribution in [3.05, 3.63) is 16.3 Å². The molecule has 1 aromatic rings. The molecule has 5 nitrogen and oxygen atoms in total. The molecule has 0 aromatic carbocycles. The van der Waals surface area contributed by atoms with Gasteiger partial charge in [0.1, 0.15) is 0 Å². The summed E-state index contributed by atoms with van der Waals surface area (Å²) in [7, 11) is -3.58. The van der Waals surface area contributed by atoms with Gasteiger partial charge in [-0.05, 0) is 24.8 Å². The van der Waals surface area contributed by atoms with Crippen LogP contribution in [0, 0.1) is 0 Å². The Labute approximate surface area is 104 Å². The Balaban J connectivity index is 2.25. The maximum Gasteiger partial charge on any atom is 0.242 e. The van der Waals surface area contributed by atoms with Crippen molar-refractivity contribution in [3.8, 4) is 0 Å².